The zero-order chi connectivity index (χ0) is 22.4. The highest BCUT2D eigenvalue weighted by Gasteiger charge is 2.36. The second-order valence-corrected chi connectivity index (χ2v) is 9.50. The second-order valence-electron chi connectivity index (χ2n) is 9.50. The zero-order valence-corrected chi connectivity index (χ0v) is 19.3. The number of nitrogens with two attached hydrogens (primary N) is 2. The highest BCUT2D eigenvalue weighted by molar-refractivity contribution is 5.78. The molecule has 2 fully saturated rings. The smallest absolute Gasteiger partial charge is 0.225 e. The van der Waals surface area contributed by atoms with Crippen molar-refractivity contribution in [1.29, 1.82) is 0 Å². The van der Waals surface area contributed by atoms with Gasteiger partial charge in [-0.1, -0.05) is 20.8 Å². The van der Waals surface area contributed by atoms with Crippen LogP contribution in [0.5, 0.6) is 0 Å². The number of hydrogen-bond acceptors (Lipinski definition) is 6. The van der Waals surface area contributed by atoms with E-state index in [0.717, 1.165) is 25.7 Å². The van der Waals surface area contributed by atoms with E-state index >= 15 is 0 Å². The van der Waals surface area contributed by atoms with E-state index in [9.17, 15) is 9.59 Å². The Labute approximate surface area is 181 Å². The predicted molar refractivity (Wildman–Crippen MR) is 117 cm³/mol. The van der Waals surface area contributed by atoms with Crippen molar-refractivity contribution in [2.75, 3.05) is 53.0 Å². The maximum Gasteiger partial charge on any atom is 0.225 e. The Balaban J connectivity index is 1.67. The van der Waals surface area contributed by atoms with Crippen molar-refractivity contribution in [3.05, 3.63) is 0 Å². The van der Waals surface area contributed by atoms with E-state index < -0.39 is 0 Å². The molecule has 8 heteroatoms. The maximum absolute atomic E-state index is 12.7. The molecule has 2 aliphatic heterocycles. The third kappa shape index (κ3) is 6.39. The molecule has 0 bridgehead atoms. The molecule has 0 radical (unpaired) electrons. The molecule has 2 aliphatic rings. The number of likely N-dealkylation sites (tertiary alicyclic amines) is 2. The van der Waals surface area contributed by atoms with Gasteiger partial charge in [-0.3, -0.25) is 9.59 Å². The highest BCUT2D eigenvalue weighted by atomic mass is 16.5. The van der Waals surface area contributed by atoms with Crippen LogP contribution in [-0.4, -0.2) is 85.8 Å². The Morgan fingerprint density at radius 3 is 2.00 bits per heavy atom. The summed E-state index contributed by atoms with van der Waals surface area (Å²) in [5.41, 5.74) is 11.7. The van der Waals surface area contributed by atoms with Crippen LogP contribution in [-0.2, 0) is 19.1 Å². The number of carbonyl (C=O) groups is 2. The van der Waals surface area contributed by atoms with Crippen LogP contribution in [0.4, 0.5) is 0 Å². The summed E-state index contributed by atoms with van der Waals surface area (Å²) in [7, 11) is 1.69. The van der Waals surface area contributed by atoms with E-state index in [2.05, 4.69) is 0 Å². The van der Waals surface area contributed by atoms with Crippen molar-refractivity contribution < 1.29 is 19.1 Å². The lowest BCUT2D eigenvalue weighted by molar-refractivity contribution is -0.140. The third-order valence-corrected chi connectivity index (χ3v) is 6.86. The number of methoxy groups -OCH3 is 1. The molecule has 4 N–H and O–H groups in total. The molecule has 0 aromatic carbocycles. The summed E-state index contributed by atoms with van der Waals surface area (Å²) in [6, 6.07) is 0. The van der Waals surface area contributed by atoms with Crippen molar-refractivity contribution in [3.8, 4) is 0 Å². The summed E-state index contributed by atoms with van der Waals surface area (Å²) < 4.78 is 11.4. The van der Waals surface area contributed by atoms with Gasteiger partial charge in [-0.15, -0.1) is 0 Å². The SMILES string of the molecule is COC1(CN)CCN(C(=O)C(C)CCOCC2(N)CCN(C(=O)C(C)C)CC2)CC1. The lowest BCUT2D eigenvalue weighted by atomic mass is 9.89. The van der Waals surface area contributed by atoms with Gasteiger partial charge in [0.15, 0.2) is 0 Å². The van der Waals surface area contributed by atoms with E-state index in [0.29, 0.717) is 52.4 Å². The molecule has 30 heavy (non-hydrogen) atoms. The van der Waals surface area contributed by atoms with Crippen LogP contribution in [0.2, 0.25) is 0 Å². The largest absolute Gasteiger partial charge is 0.380 e. The molecule has 2 heterocycles. The molecular weight excluding hydrogens is 384 g/mol. The summed E-state index contributed by atoms with van der Waals surface area (Å²) in [5, 5.41) is 0. The Hall–Kier alpha value is -1.22. The number of piperidine rings is 2. The van der Waals surface area contributed by atoms with Gasteiger partial charge in [-0.05, 0) is 32.1 Å². The minimum atomic E-state index is -0.389. The molecule has 2 saturated heterocycles. The van der Waals surface area contributed by atoms with Crippen LogP contribution < -0.4 is 11.5 Å². The van der Waals surface area contributed by atoms with E-state index in [4.69, 9.17) is 20.9 Å². The quantitative estimate of drug-likeness (QED) is 0.532. The van der Waals surface area contributed by atoms with Gasteiger partial charge in [0.25, 0.3) is 0 Å². The predicted octanol–water partition coefficient (Wildman–Crippen LogP) is 0.971. The van der Waals surface area contributed by atoms with Gasteiger partial charge in [0.2, 0.25) is 11.8 Å². The maximum atomic E-state index is 12.7. The monoisotopic (exact) mass is 426 g/mol. The summed E-state index contributed by atoms with van der Waals surface area (Å²) in [6.45, 7) is 10.0. The molecule has 174 valence electrons. The number of rotatable bonds is 9. The summed E-state index contributed by atoms with van der Waals surface area (Å²) in [6.07, 6.45) is 3.73. The van der Waals surface area contributed by atoms with Gasteiger partial charge < -0.3 is 30.7 Å². The number of carbonyl (C=O) groups excluding carboxylic acids is 2. The molecule has 1 unspecified atom stereocenters. The fraction of sp³-hybridized carbons (Fsp3) is 0.909. The Morgan fingerprint density at radius 1 is 0.967 bits per heavy atom. The molecule has 0 saturated carbocycles. The lowest BCUT2D eigenvalue weighted by Crippen LogP contribution is -2.55. The topological polar surface area (TPSA) is 111 Å². The van der Waals surface area contributed by atoms with Crippen molar-refractivity contribution in [3.63, 3.8) is 0 Å². The number of hydrogen-bond donors (Lipinski definition) is 2. The van der Waals surface area contributed by atoms with Crippen LogP contribution in [0.15, 0.2) is 0 Å². The van der Waals surface area contributed by atoms with Crippen molar-refractivity contribution in [1.82, 2.24) is 9.80 Å². The fourth-order valence-corrected chi connectivity index (χ4v) is 4.28. The molecule has 2 amide bonds. The molecule has 0 aromatic heterocycles. The summed E-state index contributed by atoms with van der Waals surface area (Å²) in [4.78, 5) is 28.7. The summed E-state index contributed by atoms with van der Waals surface area (Å²) >= 11 is 0. The average Bonchev–Trinajstić information content (AvgIpc) is 2.76. The molecule has 0 spiro atoms. The van der Waals surface area contributed by atoms with E-state index in [1.807, 2.05) is 30.6 Å². The molecule has 2 rings (SSSR count). The van der Waals surface area contributed by atoms with E-state index in [1.54, 1.807) is 7.11 Å². The Morgan fingerprint density at radius 2 is 1.50 bits per heavy atom. The van der Waals surface area contributed by atoms with Crippen LogP contribution in [0.3, 0.4) is 0 Å². The molecule has 0 aromatic rings. The van der Waals surface area contributed by atoms with Gasteiger partial charge in [0, 0.05) is 63.8 Å². The summed E-state index contributed by atoms with van der Waals surface area (Å²) in [5.74, 6) is 0.296. The van der Waals surface area contributed by atoms with E-state index in [-0.39, 0.29) is 34.8 Å². The zero-order valence-electron chi connectivity index (χ0n) is 19.3. The first-order valence-electron chi connectivity index (χ1n) is 11.3. The number of ether oxygens (including phenoxy) is 2. The van der Waals surface area contributed by atoms with Gasteiger partial charge in [0.05, 0.1) is 12.2 Å². The first-order chi connectivity index (χ1) is 14.2. The molecule has 8 nitrogen and oxygen atoms in total. The van der Waals surface area contributed by atoms with Crippen molar-refractivity contribution >= 4 is 11.8 Å². The van der Waals surface area contributed by atoms with Crippen LogP contribution >= 0.6 is 0 Å². The van der Waals surface area contributed by atoms with Gasteiger partial charge >= 0.3 is 0 Å². The standard InChI is InChI=1S/C22H42N4O4/c1-17(2)19(27)25-10-6-21(24,7-11-25)16-30-14-5-18(3)20(28)26-12-8-22(15-23,29-4)9-13-26/h17-18H,5-16,23-24H2,1-4H3. The van der Waals surface area contributed by atoms with Crippen molar-refractivity contribution in [2.24, 2.45) is 23.3 Å². The second kappa shape index (κ2) is 10.9. The van der Waals surface area contributed by atoms with Crippen molar-refractivity contribution in [2.45, 2.75) is 64.0 Å². The minimum absolute atomic E-state index is 0.0201. The van der Waals surface area contributed by atoms with Crippen LogP contribution in [0, 0.1) is 11.8 Å². The van der Waals surface area contributed by atoms with Crippen LogP contribution in [0.25, 0.3) is 0 Å². The first kappa shape index (κ1) is 25.0. The molecular formula is C22H42N4O4. The lowest BCUT2D eigenvalue weighted by Gasteiger charge is -2.41. The molecule has 1 atom stereocenters. The Bertz CT molecular complexity index is 561. The Kier molecular flexibility index (Phi) is 9.09. The van der Waals surface area contributed by atoms with Gasteiger partial charge in [-0.25, -0.2) is 0 Å². The van der Waals surface area contributed by atoms with E-state index in [1.165, 1.54) is 0 Å². The first-order valence-corrected chi connectivity index (χ1v) is 11.3. The highest BCUT2D eigenvalue weighted by Crippen LogP contribution is 2.26. The average molecular weight is 427 g/mol. The van der Waals surface area contributed by atoms with Crippen LogP contribution in [0.1, 0.15) is 52.9 Å². The number of nitrogens with zero attached hydrogens (tertiary/aromatic N) is 2. The molecule has 0 aliphatic carbocycles. The van der Waals surface area contributed by atoms with Gasteiger partial charge in [0.1, 0.15) is 0 Å². The van der Waals surface area contributed by atoms with Gasteiger partial charge in [-0.2, -0.15) is 0 Å². The number of amides is 2. The third-order valence-electron chi connectivity index (χ3n) is 6.86. The normalized spacial score (nSPS) is 22.2. The fourth-order valence-electron chi connectivity index (χ4n) is 4.28. The minimum Gasteiger partial charge on any atom is -0.380 e.